The number of fused-ring (bicyclic) bond motifs is 1. The van der Waals surface area contributed by atoms with E-state index in [0.29, 0.717) is 16.6 Å². The van der Waals surface area contributed by atoms with Crippen LogP contribution in [0.15, 0.2) is 79.1 Å². The Balaban J connectivity index is 1.18. The number of hydrogen-bond acceptors (Lipinski definition) is 7. The number of nitrogens with one attached hydrogen (secondary N) is 1. The number of anilines is 3. The molecule has 2 aromatic heterocycles. The summed E-state index contributed by atoms with van der Waals surface area (Å²) in [5, 5.41) is 3.81. The van der Waals surface area contributed by atoms with E-state index in [9.17, 15) is 4.39 Å². The van der Waals surface area contributed by atoms with Crippen LogP contribution in [0.3, 0.4) is 0 Å². The summed E-state index contributed by atoms with van der Waals surface area (Å²) >= 11 is 8.13. The number of benzene rings is 3. The van der Waals surface area contributed by atoms with E-state index in [4.69, 9.17) is 21.1 Å². The highest BCUT2D eigenvalue weighted by Gasteiger charge is 2.14. The maximum absolute atomic E-state index is 13.4. The van der Waals surface area contributed by atoms with Gasteiger partial charge in [0.1, 0.15) is 24.5 Å². The van der Waals surface area contributed by atoms with Crippen molar-refractivity contribution in [2.45, 2.75) is 6.61 Å². The number of halogens is 2. The zero-order valence-corrected chi connectivity index (χ0v) is 21.9. The first-order valence-corrected chi connectivity index (χ1v) is 13.4. The molecule has 0 spiro atoms. The highest BCUT2D eigenvalue weighted by Crippen LogP contribution is 2.38. The minimum Gasteiger partial charge on any atom is -0.487 e. The smallest absolute Gasteiger partial charge is 0.151 e. The summed E-state index contributed by atoms with van der Waals surface area (Å²) in [6, 6.07) is 22.5. The summed E-state index contributed by atoms with van der Waals surface area (Å²) in [6.45, 7) is 3.58. The summed E-state index contributed by atoms with van der Waals surface area (Å²) in [4.78, 5) is 12.4. The van der Waals surface area contributed by atoms with Crippen molar-refractivity contribution in [3.63, 3.8) is 0 Å². The zero-order valence-electron chi connectivity index (χ0n) is 20.4. The lowest BCUT2D eigenvalue weighted by atomic mass is 10.1. The van der Waals surface area contributed by atoms with Gasteiger partial charge in [-0.1, -0.05) is 35.9 Å². The molecule has 9 heteroatoms. The molecule has 0 amide bonds. The number of morpholine rings is 1. The highest BCUT2D eigenvalue weighted by atomic mass is 35.5. The lowest BCUT2D eigenvalue weighted by Crippen LogP contribution is -2.36. The molecular formula is C29H24ClFN4O2S. The Labute approximate surface area is 228 Å². The lowest BCUT2D eigenvalue weighted by molar-refractivity contribution is 0.122. The number of nitrogens with zero attached hydrogens (tertiary/aromatic N) is 3. The van der Waals surface area contributed by atoms with E-state index >= 15 is 0 Å². The molecule has 1 saturated heterocycles. The van der Waals surface area contributed by atoms with Crippen LogP contribution < -0.4 is 15.0 Å². The van der Waals surface area contributed by atoms with E-state index in [1.165, 1.54) is 17.8 Å². The van der Waals surface area contributed by atoms with Crippen LogP contribution >= 0.6 is 22.9 Å². The third-order valence-electron chi connectivity index (χ3n) is 6.32. The van der Waals surface area contributed by atoms with Gasteiger partial charge in [0, 0.05) is 29.3 Å². The average Bonchev–Trinajstić information content (AvgIpc) is 3.39. The van der Waals surface area contributed by atoms with Gasteiger partial charge in [0.2, 0.25) is 0 Å². The minimum atomic E-state index is -0.297. The van der Waals surface area contributed by atoms with E-state index in [1.54, 1.807) is 41.9 Å². The Bertz CT molecular complexity index is 1570. The van der Waals surface area contributed by atoms with Gasteiger partial charge >= 0.3 is 0 Å². The summed E-state index contributed by atoms with van der Waals surface area (Å²) in [5.74, 6) is 0.934. The molecule has 192 valence electrons. The molecule has 1 aliphatic rings. The molecule has 1 N–H and O–H groups in total. The predicted octanol–water partition coefficient (Wildman–Crippen LogP) is 7.31. The van der Waals surface area contributed by atoms with Gasteiger partial charge < -0.3 is 19.7 Å². The molecule has 0 atom stereocenters. The normalized spacial score (nSPS) is 13.6. The quantitative estimate of drug-likeness (QED) is 0.231. The molecule has 3 heterocycles. The third-order valence-corrected chi connectivity index (χ3v) is 7.79. The van der Waals surface area contributed by atoms with Crippen LogP contribution in [0.25, 0.3) is 20.7 Å². The van der Waals surface area contributed by atoms with Gasteiger partial charge in [0.25, 0.3) is 0 Å². The van der Waals surface area contributed by atoms with Crippen molar-refractivity contribution < 1.29 is 13.9 Å². The number of hydrogen-bond donors (Lipinski definition) is 1. The van der Waals surface area contributed by atoms with Gasteiger partial charge in [0.05, 0.1) is 28.5 Å². The molecule has 38 heavy (non-hydrogen) atoms. The van der Waals surface area contributed by atoms with E-state index in [1.807, 2.05) is 6.07 Å². The van der Waals surface area contributed by atoms with Crippen molar-refractivity contribution in [2.75, 3.05) is 36.5 Å². The molecule has 0 unspecified atom stereocenters. The number of ether oxygens (including phenoxy) is 2. The first-order valence-electron chi connectivity index (χ1n) is 12.2. The van der Waals surface area contributed by atoms with Crippen LogP contribution in [0.4, 0.5) is 21.6 Å². The minimum absolute atomic E-state index is 0.224. The van der Waals surface area contributed by atoms with Gasteiger partial charge in [-0.25, -0.2) is 14.4 Å². The summed E-state index contributed by atoms with van der Waals surface area (Å²) in [5.41, 5.74) is 4.73. The topological polar surface area (TPSA) is 59.5 Å². The molecule has 0 saturated carbocycles. The van der Waals surface area contributed by atoms with Crippen LogP contribution in [-0.4, -0.2) is 36.3 Å². The number of rotatable bonds is 7. The molecule has 0 bridgehead atoms. The van der Waals surface area contributed by atoms with Crippen LogP contribution in [0.5, 0.6) is 5.75 Å². The Kier molecular flexibility index (Phi) is 7.09. The van der Waals surface area contributed by atoms with E-state index in [-0.39, 0.29) is 12.4 Å². The summed E-state index contributed by atoms with van der Waals surface area (Å²) in [6.07, 6.45) is 1.56. The average molecular weight is 547 g/mol. The van der Waals surface area contributed by atoms with Crippen LogP contribution in [0.2, 0.25) is 5.02 Å². The Morgan fingerprint density at radius 2 is 1.84 bits per heavy atom. The number of aromatic nitrogens is 2. The van der Waals surface area contributed by atoms with Gasteiger partial charge in [-0.15, -0.1) is 11.3 Å². The molecule has 3 aromatic carbocycles. The highest BCUT2D eigenvalue weighted by molar-refractivity contribution is 7.22. The second-order valence-electron chi connectivity index (χ2n) is 8.88. The van der Waals surface area contributed by atoms with Crippen molar-refractivity contribution in [3.8, 4) is 16.2 Å². The maximum Gasteiger partial charge on any atom is 0.151 e. The maximum atomic E-state index is 13.4. The lowest BCUT2D eigenvalue weighted by Gasteiger charge is -2.28. The van der Waals surface area contributed by atoms with Crippen molar-refractivity contribution in [1.82, 2.24) is 9.97 Å². The summed E-state index contributed by atoms with van der Waals surface area (Å²) in [7, 11) is 0. The van der Waals surface area contributed by atoms with Crippen LogP contribution in [0.1, 0.15) is 5.56 Å². The first-order chi connectivity index (χ1) is 18.6. The number of thiophene rings is 1. The van der Waals surface area contributed by atoms with Gasteiger partial charge in [-0.05, 0) is 59.7 Å². The molecule has 6 rings (SSSR count). The fourth-order valence-electron chi connectivity index (χ4n) is 4.36. The van der Waals surface area contributed by atoms with Gasteiger partial charge in [-0.2, -0.15) is 0 Å². The molecular weight excluding hydrogens is 523 g/mol. The fourth-order valence-corrected chi connectivity index (χ4v) is 5.66. The van der Waals surface area contributed by atoms with Gasteiger partial charge in [-0.3, -0.25) is 0 Å². The first kappa shape index (κ1) is 24.6. The third kappa shape index (κ3) is 5.43. The fraction of sp³-hybridized carbons (Fsp3) is 0.172. The molecule has 5 aromatic rings. The molecule has 0 radical (unpaired) electrons. The molecule has 6 nitrogen and oxygen atoms in total. The van der Waals surface area contributed by atoms with Crippen molar-refractivity contribution in [3.05, 3.63) is 95.5 Å². The van der Waals surface area contributed by atoms with E-state index in [0.717, 1.165) is 58.2 Å². The van der Waals surface area contributed by atoms with E-state index < -0.39 is 0 Å². The van der Waals surface area contributed by atoms with E-state index in [2.05, 4.69) is 50.5 Å². The second kappa shape index (κ2) is 10.9. The van der Waals surface area contributed by atoms with Crippen LogP contribution in [0, 0.1) is 5.82 Å². The van der Waals surface area contributed by atoms with Gasteiger partial charge in [0.15, 0.2) is 5.82 Å². The van der Waals surface area contributed by atoms with Crippen LogP contribution in [-0.2, 0) is 11.3 Å². The largest absolute Gasteiger partial charge is 0.487 e. The Morgan fingerprint density at radius 3 is 2.63 bits per heavy atom. The standard InChI is InChI=1S/C29H24ClFN4O2S/c30-24-15-22(6-9-26(24)37-17-19-2-1-3-21(31)14-19)34-29-28-25(32-18-33-29)16-27(38-28)20-4-7-23(8-5-20)35-10-12-36-13-11-35/h1-9,14-16,18H,10-13,17H2,(H,32,33,34). The summed E-state index contributed by atoms with van der Waals surface area (Å²) < 4.78 is 25.6. The van der Waals surface area contributed by atoms with Crippen molar-refractivity contribution in [1.29, 1.82) is 0 Å². The second-order valence-corrected chi connectivity index (χ2v) is 10.3. The Hall–Kier alpha value is -3.72. The zero-order chi connectivity index (χ0) is 25.9. The monoisotopic (exact) mass is 546 g/mol. The van der Waals surface area contributed by atoms with Crippen molar-refractivity contribution in [2.24, 2.45) is 0 Å². The molecule has 1 aliphatic heterocycles. The Morgan fingerprint density at radius 1 is 1.00 bits per heavy atom. The van der Waals surface area contributed by atoms with Crippen molar-refractivity contribution >= 4 is 50.3 Å². The SMILES string of the molecule is Fc1cccc(COc2ccc(Nc3ncnc4cc(-c5ccc(N6CCOCC6)cc5)sc34)cc2Cl)c1. The molecule has 0 aliphatic carbocycles. The molecule has 1 fully saturated rings. The predicted molar refractivity (Wildman–Crippen MR) is 151 cm³/mol.